The van der Waals surface area contributed by atoms with Crippen LogP contribution in [0, 0.1) is 0 Å². The molecule has 3 heteroatoms. The highest BCUT2D eigenvalue weighted by Crippen LogP contribution is 2.27. The fraction of sp³-hybridized carbons (Fsp3) is 0.333. The van der Waals surface area contributed by atoms with Crippen molar-refractivity contribution in [2.45, 2.75) is 25.8 Å². The Labute approximate surface area is 121 Å². The molecule has 1 N–H and O–H groups in total. The predicted molar refractivity (Wildman–Crippen MR) is 83.2 cm³/mol. The molecule has 1 aromatic heterocycles. The molecule has 0 radical (unpaired) electrons. The Kier molecular flexibility index (Phi) is 5.42. The van der Waals surface area contributed by atoms with E-state index in [0.29, 0.717) is 6.04 Å². The highest BCUT2D eigenvalue weighted by molar-refractivity contribution is 9.10. The molecule has 96 valence electrons. The molecule has 0 fully saturated rings. The van der Waals surface area contributed by atoms with Gasteiger partial charge in [-0.3, -0.25) is 0 Å². The summed E-state index contributed by atoms with van der Waals surface area (Å²) in [7, 11) is 0. The Balaban J connectivity index is 2.10. The van der Waals surface area contributed by atoms with E-state index >= 15 is 0 Å². The third-order valence-electron chi connectivity index (χ3n) is 2.85. The van der Waals surface area contributed by atoms with Gasteiger partial charge in [0.1, 0.15) is 0 Å². The van der Waals surface area contributed by atoms with E-state index in [0.717, 1.165) is 19.4 Å². The molecule has 0 spiro atoms. The zero-order valence-corrected chi connectivity index (χ0v) is 12.9. The van der Waals surface area contributed by atoms with Crippen LogP contribution in [0.4, 0.5) is 0 Å². The van der Waals surface area contributed by atoms with Crippen LogP contribution in [0.1, 0.15) is 29.8 Å². The first-order valence-electron chi connectivity index (χ1n) is 6.31. The minimum Gasteiger partial charge on any atom is -0.309 e. The van der Waals surface area contributed by atoms with Crippen LogP contribution < -0.4 is 5.32 Å². The normalized spacial score (nSPS) is 12.6. The minimum absolute atomic E-state index is 0.420. The summed E-state index contributed by atoms with van der Waals surface area (Å²) in [5.74, 6) is 0. The first-order valence-corrected chi connectivity index (χ1v) is 7.98. The van der Waals surface area contributed by atoms with Crippen molar-refractivity contribution in [3.8, 4) is 0 Å². The number of rotatable bonds is 6. The lowest BCUT2D eigenvalue weighted by molar-refractivity contribution is 0.536. The van der Waals surface area contributed by atoms with Crippen molar-refractivity contribution in [2.75, 3.05) is 6.54 Å². The first-order chi connectivity index (χ1) is 8.79. The van der Waals surface area contributed by atoms with Crippen LogP contribution in [0.2, 0.25) is 0 Å². The summed E-state index contributed by atoms with van der Waals surface area (Å²) in [6.45, 7) is 3.27. The second-order valence-corrected chi connectivity index (χ2v) is 6.22. The van der Waals surface area contributed by atoms with E-state index in [1.165, 1.54) is 14.9 Å². The van der Waals surface area contributed by atoms with Gasteiger partial charge < -0.3 is 5.32 Å². The Morgan fingerprint density at radius 2 is 2.06 bits per heavy atom. The van der Waals surface area contributed by atoms with E-state index in [4.69, 9.17) is 0 Å². The molecule has 1 unspecified atom stereocenters. The molecule has 0 aliphatic carbocycles. The van der Waals surface area contributed by atoms with Crippen LogP contribution in [-0.2, 0) is 6.42 Å². The smallest absolute Gasteiger partial charge is 0.0456 e. The fourth-order valence-electron chi connectivity index (χ4n) is 1.95. The van der Waals surface area contributed by atoms with Crippen molar-refractivity contribution in [1.82, 2.24) is 5.32 Å². The van der Waals surface area contributed by atoms with Gasteiger partial charge in [0.25, 0.3) is 0 Å². The highest BCUT2D eigenvalue weighted by Gasteiger charge is 2.13. The maximum Gasteiger partial charge on any atom is 0.0456 e. The average Bonchev–Trinajstić information content (AvgIpc) is 2.82. The Morgan fingerprint density at radius 1 is 1.28 bits per heavy atom. The molecule has 0 saturated carbocycles. The van der Waals surface area contributed by atoms with Gasteiger partial charge in [0.15, 0.2) is 0 Å². The van der Waals surface area contributed by atoms with Gasteiger partial charge in [-0.1, -0.05) is 37.3 Å². The third-order valence-corrected chi connectivity index (χ3v) is 4.66. The van der Waals surface area contributed by atoms with Gasteiger partial charge in [-0.15, -0.1) is 11.3 Å². The Hall–Kier alpha value is -0.640. The molecule has 1 atom stereocenters. The molecule has 0 bridgehead atoms. The summed E-state index contributed by atoms with van der Waals surface area (Å²) >= 11 is 5.35. The second kappa shape index (κ2) is 7.07. The van der Waals surface area contributed by atoms with E-state index in [-0.39, 0.29) is 0 Å². The molecular weight excluding hydrogens is 306 g/mol. The molecule has 2 aromatic rings. The molecule has 2 rings (SSSR count). The zero-order chi connectivity index (χ0) is 12.8. The summed E-state index contributed by atoms with van der Waals surface area (Å²) in [5.41, 5.74) is 1.38. The Bertz CT molecular complexity index is 466. The van der Waals surface area contributed by atoms with Crippen LogP contribution in [0.15, 0.2) is 46.3 Å². The molecule has 0 amide bonds. The third kappa shape index (κ3) is 3.94. The van der Waals surface area contributed by atoms with E-state index in [1.54, 1.807) is 0 Å². The summed E-state index contributed by atoms with van der Waals surface area (Å²) in [6.07, 6.45) is 2.21. The van der Waals surface area contributed by atoms with E-state index in [1.807, 2.05) is 11.3 Å². The standard InChI is InChI=1S/C15H18BrNS/c1-2-8-17-14(15-10-13(16)11-18-15)9-12-6-4-3-5-7-12/h3-7,10-11,14,17H,2,8-9H2,1H3. The maximum atomic E-state index is 3.64. The number of hydrogen-bond acceptors (Lipinski definition) is 2. The van der Waals surface area contributed by atoms with Gasteiger partial charge in [-0.25, -0.2) is 0 Å². The number of nitrogens with one attached hydrogen (secondary N) is 1. The molecule has 1 aromatic carbocycles. The number of hydrogen-bond donors (Lipinski definition) is 1. The molecular formula is C15H18BrNS. The molecule has 0 aliphatic rings. The van der Waals surface area contributed by atoms with Crippen LogP contribution in [-0.4, -0.2) is 6.54 Å². The fourth-order valence-corrected chi connectivity index (χ4v) is 3.47. The van der Waals surface area contributed by atoms with Crippen LogP contribution in [0.25, 0.3) is 0 Å². The van der Waals surface area contributed by atoms with Crippen LogP contribution >= 0.6 is 27.3 Å². The van der Waals surface area contributed by atoms with Crippen LogP contribution in [0.5, 0.6) is 0 Å². The number of halogens is 1. The average molecular weight is 324 g/mol. The van der Waals surface area contributed by atoms with Crippen molar-refractivity contribution in [3.63, 3.8) is 0 Å². The summed E-state index contributed by atoms with van der Waals surface area (Å²) in [4.78, 5) is 1.40. The van der Waals surface area contributed by atoms with E-state index in [2.05, 4.69) is 69.9 Å². The van der Waals surface area contributed by atoms with Crippen molar-refractivity contribution < 1.29 is 0 Å². The summed E-state index contributed by atoms with van der Waals surface area (Å²) in [6, 6.07) is 13.3. The van der Waals surface area contributed by atoms with Crippen molar-refractivity contribution in [3.05, 3.63) is 56.7 Å². The van der Waals surface area contributed by atoms with Gasteiger partial charge in [0.2, 0.25) is 0 Å². The molecule has 1 nitrogen and oxygen atoms in total. The van der Waals surface area contributed by atoms with Gasteiger partial charge in [-0.2, -0.15) is 0 Å². The predicted octanol–water partition coefficient (Wildman–Crippen LogP) is 4.79. The summed E-state index contributed by atoms with van der Waals surface area (Å²) < 4.78 is 1.18. The molecule has 0 aliphatic heterocycles. The minimum atomic E-state index is 0.420. The van der Waals surface area contributed by atoms with Crippen LogP contribution in [0.3, 0.4) is 0 Å². The lowest BCUT2D eigenvalue weighted by atomic mass is 10.0. The molecule has 1 heterocycles. The number of thiophene rings is 1. The van der Waals surface area contributed by atoms with Gasteiger partial charge in [-0.05, 0) is 46.9 Å². The lowest BCUT2D eigenvalue weighted by Crippen LogP contribution is -2.23. The van der Waals surface area contributed by atoms with Gasteiger partial charge in [0.05, 0.1) is 0 Å². The Morgan fingerprint density at radius 3 is 2.67 bits per heavy atom. The maximum absolute atomic E-state index is 3.64. The van der Waals surface area contributed by atoms with Gasteiger partial charge >= 0.3 is 0 Å². The summed E-state index contributed by atoms with van der Waals surface area (Å²) in [5, 5.41) is 5.79. The van der Waals surface area contributed by atoms with Crippen molar-refractivity contribution in [1.29, 1.82) is 0 Å². The van der Waals surface area contributed by atoms with Gasteiger partial charge in [0, 0.05) is 20.8 Å². The largest absolute Gasteiger partial charge is 0.309 e. The first kappa shape index (κ1) is 13.8. The highest BCUT2D eigenvalue weighted by atomic mass is 79.9. The zero-order valence-electron chi connectivity index (χ0n) is 10.5. The quantitative estimate of drug-likeness (QED) is 0.805. The van der Waals surface area contributed by atoms with Crippen molar-refractivity contribution in [2.24, 2.45) is 0 Å². The van der Waals surface area contributed by atoms with Crippen molar-refractivity contribution >= 4 is 27.3 Å². The van der Waals surface area contributed by atoms with E-state index in [9.17, 15) is 0 Å². The second-order valence-electron chi connectivity index (χ2n) is 4.36. The SMILES string of the molecule is CCCNC(Cc1ccccc1)c1cc(Br)cs1. The monoisotopic (exact) mass is 323 g/mol. The topological polar surface area (TPSA) is 12.0 Å². The van der Waals surface area contributed by atoms with E-state index < -0.39 is 0 Å². The molecule has 18 heavy (non-hydrogen) atoms. The number of benzene rings is 1. The lowest BCUT2D eigenvalue weighted by Gasteiger charge is -2.17. The molecule has 0 saturated heterocycles.